The maximum atomic E-state index is 12.8. The smallest absolute Gasteiger partial charge is 0.232 e. The fourth-order valence-corrected chi connectivity index (χ4v) is 2.63. The second kappa shape index (κ2) is 7.64. The van der Waals surface area contributed by atoms with Crippen LogP contribution in [0.15, 0.2) is 42.5 Å². The Bertz CT molecular complexity index is 896. The summed E-state index contributed by atoms with van der Waals surface area (Å²) in [5, 5.41) is 27.2. The number of phenols is 1. The number of hydrogen-bond donors (Lipinski definition) is 2. The van der Waals surface area contributed by atoms with Gasteiger partial charge in [0.25, 0.3) is 0 Å². The van der Waals surface area contributed by atoms with E-state index in [9.17, 15) is 9.90 Å². The van der Waals surface area contributed by atoms with Crippen LogP contribution >= 0.6 is 0 Å². The van der Waals surface area contributed by atoms with Crippen molar-refractivity contribution < 1.29 is 14.6 Å². The lowest BCUT2D eigenvalue weighted by Gasteiger charge is -2.18. The predicted molar refractivity (Wildman–Crippen MR) is 94.1 cm³/mol. The summed E-state index contributed by atoms with van der Waals surface area (Å²) in [6.45, 7) is 1.95. The van der Waals surface area contributed by atoms with E-state index in [1.165, 1.54) is 13.2 Å². The molecule has 1 aromatic heterocycles. The lowest BCUT2D eigenvalue weighted by molar-refractivity contribution is -0.117. The van der Waals surface area contributed by atoms with Gasteiger partial charge in [-0.25, -0.2) is 0 Å². The molecule has 1 heterocycles. The summed E-state index contributed by atoms with van der Waals surface area (Å²) in [4.78, 5) is 12.8. The lowest BCUT2D eigenvalue weighted by atomic mass is 9.97. The highest BCUT2D eigenvalue weighted by Gasteiger charge is 2.22. The van der Waals surface area contributed by atoms with E-state index in [0.29, 0.717) is 17.9 Å². The van der Waals surface area contributed by atoms with Gasteiger partial charge < -0.3 is 20.3 Å². The van der Waals surface area contributed by atoms with E-state index in [-0.39, 0.29) is 17.5 Å². The second-order valence-corrected chi connectivity index (χ2v) is 5.86. The monoisotopic (exact) mass is 352 g/mol. The van der Waals surface area contributed by atoms with Gasteiger partial charge in [0.15, 0.2) is 11.5 Å². The molecule has 0 aliphatic rings. The van der Waals surface area contributed by atoms with Gasteiger partial charge in [0.2, 0.25) is 5.91 Å². The number of methoxy groups -OCH3 is 1. The van der Waals surface area contributed by atoms with Gasteiger partial charge in [-0.2, -0.15) is 5.21 Å². The quantitative estimate of drug-likeness (QED) is 0.696. The molecular weight excluding hydrogens is 334 g/mol. The van der Waals surface area contributed by atoms with Crippen molar-refractivity contribution >= 4 is 11.6 Å². The molecule has 2 aromatic carbocycles. The summed E-state index contributed by atoms with van der Waals surface area (Å²) in [6.07, 6.45) is 0.307. The molecule has 0 bridgehead atoms. The molecule has 2 N–H and O–H groups in total. The van der Waals surface area contributed by atoms with Crippen LogP contribution in [-0.4, -0.2) is 33.6 Å². The molecule has 0 aliphatic heterocycles. The molecule has 0 radical (unpaired) electrons. The summed E-state index contributed by atoms with van der Waals surface area (Å²) < 4.78 is 5.12. The standard InChI is InChI=1S/C18H19N5O3/c1-11-4-3-5-13(8-11)19-18(25)14(17-20-22-23-21-17)9-12-6-7-15(24)16(10-12)26-2/h3-8,10,14H,9H2,1-2H3,(H3,19,20,21,22,23,24,25)/p-1/t14-/m1/s1. The number of carbonyl (C=O) groups excluding carboxylic acids is 1. The van der Waals surface area contributed by atoms with Gasteiger partial charge in [-0.3, -0.25) is 15.1 Å². The minimum absolute atomic E-state index is 0.0323. The number of aromatic hydroxyl groups is 1. The molecule has 134 valence electrons. The van der Waals surface area contributed by atoms with E-state index in [1.807, 2.05) is 31.2 Å². The Balaban J connectivity index is 1.85. The second-order valence-electron chi connectivity index (χ2n) is 5.86. The molecule has 0 saturated carbocycles. The molecule has 0 saturated heterocycles. The van der Waals surface area contributed by atoms with Crippen LogP contribution in [0.25, 0.3) is 0 Å². The highest BCUT2D eigenvalue weighted by Crippen LogP contribution is 2.29. The van der Waals surface area contributed by atoms with Crippen LogP contribution in [0.2, 0.25) is 0 Å². The van der Waals surface area contributed by atoms with Crippen molar-refractivity contribution in [2.24, 2.45) is 0 Å². The number of phenolic OH excluding ortho intramolecular Hbond substituents is 1. The summed E-state index contributed by atoms with van der Waals surface area (Å²) in [5.74, 6) is -0.343. The molecule has 3 rings (SSSR count). The first-order valence-corrected chi connectivity index (χ1v) is 7.99. The van der Waals surface area contributed by atoms with Gasteiger partial charge in [0.05, 0.1) is 13.0 Å². The van der Waals surface area contributed by atoms with Crippen molar-refractivity contribution in [2.75, 3.05) is 12.4 Å². The molecule has 1 amide bonds. The number of carbonyl (C=O) groups is 1. The first-order chi connectivity index (χ1) is 12.6. The van der Waals surface area contributed by atoms with E-state index in [1.54, 1.807) is 12.1 Å². The van der Waals surface area contributed by atoms with Crippen molar-refractivity contribution in [3.8, 4) is 11.5 Å². The number of amides is 1. The van der Waals surface area contributed by atoms with Crippen molar-refractivity contribution in [3.05, 3.63) is 59.4 Å². The Kier molecular flexibility index (Phi) is 5.12. The number of nitrogens with zero attached hydrogens (tertiary/aromatic N) is 4. The summed E-state index contributed by atoms with van der Waals surface area (Å²) >= 11 is 0. The van der Waals surface area contributed by atoms with Crippen LogP contribution in [-0.2, 0) is 11.2 Å². The minimum Gasteiger partial charge on any atom is -0.504 e. The van der Waals surface area contributed by atoms with Gasteiger partial charge in [-0.15, -0.1) is 0 Å². The van der Waals surface area contributed by atoms with Crippen LogP contribution in [0.1, 0.15) is 22.9 Å². The van der Waals surface area contributed by atoms with Gasteiger partial charge in [0.1, 0.15) is 0 Å². The zero-order valence-corrected chi connectivity index (χ0v) is 14.4. The Labute approximate surface area is 150 Å². The lowest BCUT2D eigenvalue weighted by Crippen LogP contribution is -2.24. The van der Waals surface area contributed by atoms with Crippen molar-refractivity contribution in [1.82, 2.24) is 20.6 Å². The molecule has 8 nitrogen and oxygen atoms in total. The first-order valence-electron chi connectivity index (χ1n) is 7.99. The molecule has 0 unspecified atom stereocenters. The fraction of sp³-hybridized carbons (Fsp3) is 0.222. The van der Waals surface area contributed by atoms with Gasteiger partial charge >= 0.3 is 0 Å². The SMILES string of the molecule is COc1cc(C[C@@H](C(=O)Nc2cccc(C)c2)c2nnn[n-]2)ccc1O. The molecule has 3 aromatic rings. The molecule has 1 atom stereocenters. The van der Waals surface area contributed by atoms with Crippen LogP contribution in [0.5, 0.6) is 11.5 Å². The number of anilines is 1. The van der Waals surface area contributed by atoms with Crippen LogP contribution in [0.3, 0.4) is 0 Å². The molecule has 8 heteroatoms. The number of tetrazole rings is 1. The number of hydrogen-bond acceptors (Lipinski definition) is 6. The molecule has 0 fully saturated rings. The highest BCUT2D eigenvalue weighted by atomic mass is 16.5. The van der Waals surface area contributed by atoms with Crippen LogP contribution in [0.4, 0.5) is 5.69 Å². The fourth-order valence-electron chi connectivity index (χ4n) is 2.63. The normalized spacial score (nSPS) is 11.8. The average molecular weight is 352 g/mol. The van der Waals surface area contributed by atoms with Gasteiger partial charge in [-0.1, -0.05) is 18.2 Å². The number of aromatic nitrogens is 4. The number of benzene rings is 2. The molecule has 26 heavy (non-hydrogen) atoms. The molecule has 0 aliphatic carbocycles. The third-order valence-corrected chi connectivity index (χ3v) is 3.93. The van der Waals surface area contributed by atoms with Crippen LogP contribution in [0, 0.1) is 6.92 Å². The van der Waals surface area contributed by atoms with Crippen LogP contribution < -0.4 is 15.2 Å². The van der Waals surface area contributed by atoms with E-state index >= 15 is 0 Å². The minimum atomic E-state index is -0.681. The zero-order chi connectivity index (χ0) is 18.5. The number of ether oxygens (including phenoxy) is 1. The van der Waals surface area contributed by atoms with E-state index in [0.717, 1.165) is 11.1 Å². The molecular formula is C18H18N5O3-. The van der Waals surface area contributed by atoms with E-state index in [4.69, 9.17) is 4.74 Å². The van der Waals surface area contributed by atoms with E-state index < -0.39 is 5.92 Å². The first kappa shape index (κ1) is 17.4. The number of rotatable bonds is 6. The summed E-state index contributed by atoms with van der Waals surface area (Å²) in [7, 11) is 1.47. The topological polar surface area (TPSA) is 111 Å². The largest absolute Gasteiger partial charge is 0.504 e. The van der Waals surface area contributed by atoms with Crippen molar-refractivity contribution in [1.29, 1.82) is 0 Å². The maximum absolute atomic E-state index is 12.8. The summed E-state index contributed by atoms with van der Waals surface area (Å²) in [5.41, 5.74) is 2.51. The summed E-state index contributed by atoms with van der Waals surface area (Å²) in [6, 6.07) is 12.4. The Morgan fingerprint density at radius 3 is 2.85 bits per heavy atom. The maximum Gasteiger partial charge on any atom is 0.232 e. The Morgan fingerprint density at radius 2 is 2.15 bits per heavy atom. The van der Waals surface area contributed by atoms with Crippen molar-refractivity contribution in [3.63, 3.8) is 0 Å². The third-order valence-electron chi connectivity index (χ3n) is 3.93. The van der Waals surface area contributed by atoms with Crippen molar-refractivity contribution in [2.45, 2.75) is 19.3 Å². The van der Waals surface area contributed by atoms with Gasteiger partial charge in [-0.05, 0) is 48.7 Å². The predicted octanol–water partition coefficient (Wildman–Crippen LogP) is 1.82. The Morgan fingerprint density at radius 1 is 1.31 bits per heavy atom. The van der Waals surface area contributed by atoms with Gasteiger partial charge in [0, 0.05) is 11.5 Å². The van der Waals surface area contributed by atoms with E-state index in [2.05, 4.69) is 25.9 Å². The third kappa shape index (κ3) is 3.97. The number of aryl methyl sites for hydroxylation is 1. The Hall–Kier alpha value is -3.42. The average Bonchev–Trinajstić information content (AvgIpc) is 3.15. The number of nitrogens with one attached hydrogen (secondary N) is 1. The highest BCUT2D eigenvalue weighted by molar-refractivity contribution is 5.95. The zero-order valence-electron chi connectivity index (χ0n) is 14.4. The molecule has 0 spiro atoms.